The molecule has 0 aliphatic carbocycles. The Morgan fingerprint density at radius 3 is 2.81 bits per heavy atom. The summed E-state index contributed by atoms with van der Waals surface area (Å²) < 4.78 is 5.48. The van der Waals surface area contributed by atoms with Crippen LogP contribution in [0.3, 0.4) is 0 Å². The third kappa shape index (κ3) is 4.62. The van der Waals surface area contributed by atoms with Crippen LogP contribution in [0.25, 0.3) is 0 Å². The van der Waals surface area contributed by atoms with Crippen molar-refractivity contribution in [3.05, 3.63) is 11.8 Å². The lowest BCUT2D eigenvalue weighted by atomic mass is 9.87. The van der Waals surface area contributed by atoms with Gasteiger partial charge >= 0.3 is 5.97 Å². The molecule has 0 saturated carbocycles. The first-order valence-electron chi connectivity index (χ1n) is 9.39. The fourth-order valence-electron chi connectivity index (χ4n) is 4.01. The Labute approximate surface area is 154 Å². The molecule has 8 heteroatoms. The van der Waals surface area contributed by atoms with Crippen LogP contribution in [0.15, 0.2) is 6.07 Å². The van der Waals surface area contributed by atoms with Crippen molar-refractivity contribution in [1.82, 2.24) is 14.9 Å². The van der Waals surface area contributed by atoms with E-state index in [0.717, 1.165) is 63.3 Å². The summed E-state index contributed by atoms with van der Waals surface area (Å²) in [6, 6.07) is 2.33. The smallest absolute Gasteiger partial charge is 0.303 e. The van der Waals surface area contributed by atoms with Crippen LogP contribution in [-0.4, -0.2) is 78.4 Å². The monoisotopic (exact) mass is 363 g/mol. The van der Waals surface area contributed by atoms with E-state index in [1.165, 1.54) is 0 Å². The summed E-state index contributed by atoms with van der Waals surface area (Å²) in [5, 5.41) is 12.2. The topological polar surface area (TPSA) is 90.8 Å². The Morgan fingerprint density at radius 1 is 1.35 bits per heavy atom. The Morgan fingerprint density at radius 2 is 2.12 bits per heavy atom. The number of rotatable bonds is 6. The molecule has 2 aliphatic heterocycles. The van der Waals surface area contributed by atoms with Gasteiger partial charge in [0, 0.05) is 57.4 Å². The summed E-state index contributed by atoms with van der Waals surface area (Å²) in [6.45, 7) is 7.03. The van der Waals surface area contributed by atoms with Gasteiger partial charge in [-0.1, -0.05) is 0 Å². The first-order chi connectivity index (χ1) is 12.6. The number of morpholine rings is 1. The number of aryl methyl sites for hydroxylation is 1. The van der Waals surface area contributed by atoms with E-state index in [9.17, 15) is 4.79 Å². The van der Waals surface area contributed by atoms with E-state index in [0.29, 0.717) is 18.4 Å². The molecule has 0 unspecified atom stereocenters. The summed E-state index contributed by atoms with van der Waals surface area (Å²) >= 11 is 0. The maximum absolute atomic E-state index is 11.1. The Hall–Kier alpha value is -1.93. The van der Waals surface area contributed by atoms with Crippen LogP contribution in [-0.2, 0) is 9.53 Å². The molecule has 3 rings (SSSR count). The molecule has 0 amide bonds. The predicted octanol–water partition coefficient (Wildman–Crippen LogP) is 1.22. The summed E-state index contributed by atoms with van der Waals surface area (Å²) in [6.07, 6.45) is 1.88. The second kappa shape index (κ2) is 8.64. The summed E-state index contributed by atoms with van der Waals surface area (Å²) in [5.74, 6) is 1.10. The highest BCUT2D eigenvalue weighted by atomic mass is 16.5. The molecule has 2 aliphatic rings. The molecule has 8 nitrogen and oxygen atoms in total. The van der Waals surface area contributed by atoms with Crippen LogP contribution in [0.2, 0.25) is 0 Å². The Kier molecular flexibility index (Phi) is 6.26. The number of hydrogen-bond donors (Lipinski definition) is 2. The SMILES string of the molecule is CNc1cc(C)nc(N2CC[C@H](N3CCOCC3)[C@H](CCC(=O)O)C2)n1. The number of nitrogens with one attached hydrogen (secondary N) is 1. The van der Waals surface area contributed by atoms with Gasteiger partial charge in [-0.05, 0) is 25.7 Å². The van der Waals surface area contributed by atoms with Crippen molar-refractivity contribution in [2.45, 2.75) is 32.2 Å². The first-order valence-corrected chi connectivity index (χ1v) is 9.39. The van der Waals surface area contributed by atoms with Gasteiger partial charge in [0.2, 0.25) is 5.95 Å². The number of piperidine rings is 1. The third-order valence-corrected chi connectivity index (χ3v) is 5.32. The highest BCUT2D eigenvalue weighted by molar-refractivity contribution is 5.66. The number of nitrogens with zero attached hydrogens (tertiary/aromatic N) is 4. The van der Waals surface area contributed by atoms with E-state index < -0.39 is 5.97 Å². The van der Waals surface area contributed by atoms with E-state index in [1.807, 2.05) is 20.0 Å². The van der Waals surface area contributed by atoms with Gasteiger partial charge in [0.15, 0.2) is 0 Å². The number of ether oxygens (including phenoxy) is 1. The van der Waals surface area contributed by atoms with Crippen LogP contribution < -0.4 is 10.2 Å². The fraction of sp³-hybridized carbons (Fsp3) is 0.722. The number of aromatic nitrogens is 2. The minimum Gasteiger partial charge on any atom is -0.481 e. The quantitative estimate of drug-likeness (QED) is 0.780. The average molecular weight is 363 g/mol. The van der Waals surface area contributed by atoms with E-state index >= 15 is 0 Å². The lowest BCUT2D eigenvalue weighted by molar-refractivity contribution is -0.137. The molecular formula is C18H29N5O3. The predicted molar refractivity (Wildman–Crippen MR) is 99.7 cm³/mol. The minimum atomic E-state index is -0.730. The normalized spacial score (nSPS) is 24.5. The average Bonchev–Trinajstić information content (AvgIpc) is 2.66. The zero-order valence-corrected chi connectivity index (χ0v) is 15.6. The van der Waals surface area contributed by atoms with Crippen LogP contribution in [0.1, 0.15) is 25.0 Å². The van der Waals surface area contributed by atoms with Crippen molar-refractivity contribution in [3.8, 4) is 0 Å². The summed E-state index contributed by atoms with van der Waals surface area (Å²) in [5.41, 5.74) is 0.928. The maximum atomic E-state index is 11.1. The second-order valence-electron chi connectivity index (χ2n) is 7.09. The number of carbonyl (C=O) groups is 1. The molecule has 144 valence electrons. The summed E-state index contributed by atoms with van der Waals surface area (Å²) in [4.78, 5) is 25.0. The third-order valence-electron chi connectivity index (χ3n) is 5.32. The summed E-state index contributed by atoms with van der Waals surface area (Å²) in [7, 11) is 1.85. The van der Waals surface area contributed by atoms with E-state index in [1.54, 1.807) is 0 Å². The number of aliphatic carboxylic acids is 1. The van der Waals surface area contributed by atoms with Gasteiger partial charge in [-0.2, -0.15) is 4.98 Å². The van der Waals surface area contributed by atoms with Crippen molar-refractivity contribution in [3.63, 3.8) is 0 Å². The molecule has 0 radical (unpaired) electrons. The van der Waals surface area contributed by atoms with E-state index in [-0.39, 0.29) is 6.42 Å². The van der Waals surface area contributed by atoms with E-state index in [4.69, 9.17) is 9.84 Å². The maximum Gasteiger partial charge on any atom is 0.303 e. The molecule has 0 bridgehead atoms. The lowest BCUT2D eigenvalue weighted by Crippen LogP contribution is -2.54. The van der Waals surface area contributed by atoms with Gasteiger partial charge < -0.3 is 20.1 Å². The number of anilines is 2. The minimum absolute atomic E-state index is 0.204. The molecule has 3 heterocycles. The standard InChI is InChI=1S/C18H29N5O3/c1-13-11-16(19-2)21-18(20-13)23-6-5-15(22-7-9-26-10-8-22)14(12-23)3-4-17(24)25/h11,14-15H,3-10,12H2,1-2H3,(H,24,25)(H,19,20,21)/t14-,15+/m1/s1. The molecule has 0 aromatic carbocycles. The van der Waals surface area contributed by atoms with E-state index in [2.05, 4.69) is 25.1 Å². The molecule has 1 aromatic rings. The van der Waals surface area contributed by atoms with Crippen molar-refractivity contribution in [1.29, 1.82) is 0 Å². The van der Waals surface area contributed by atoms with Gasteiger partial charge in [0.05, 0.1) is 13.2 Å². The Balaban J connectivity index is 1.75. The molecule has 2 N–H and O–H groups in total. The molecular weight excluding hydrogens is 334 g/mol. The van der Waals surface area contributed by atoms with Gasteiger partial charge in [-0.15, -0.1) is 0 Å². The van der Waals surface area contributed by atoms with Gasteiger partial charge in [0.1, 0.15) is 5.82 Å². The lowest BCUT2D eigenvalue weighted by Gasteiger charge is -2.45. The van der Waals surface area contributed by atoms with Gasteiger partial charge in [-0.25, -0.2) is 4.98 Å². The van der Waals surface area contributed by atoms with Crippen molar-refractivity contribution in [2.24, 2.45) is 5.92 Å². The van der Waals surface area contributed by atoms with Crippen LogP contribution in [0.5, 0.6) is 0 Å². The van der Waals surface area contributed by atoms with Crippen molar-refractivity contribution < 1.29 is 14.6 Å². The van der Waals surface area contributed by atoms with Crippen LogP contribution in [0.4, 0.5) is 11.8 Å². The zero-order chi connectivity index (χ0) is 18.5. The van der Waals surface area contributed by atoms with Gasteiger partial charge in [-0.3, -0.25) is 9.69 Å². The molecule has 1 aromatic heterocycles. The van der Waals surface area contributed by atoms with Crippen LogP contribution in [0, 0.1) is 12.8 Å². The Bertz CT molecular complexity index is 621. The number of carboxylic acids is 1. The second-order valence-corrected chi connectivity index (χ2v) is 7.09. The molecule has 26 heavy (non-hydrogen) atoms. The fourth-order valence-corrected chi connectivity index (χ4v) is 4.01. The molecule has 2 atom stereocenters. The van der Waals surface area contributed by atoms with Crippen LogP contribution >= 0.6 is 0 Å². The first kappa shape index (κ1) is 18.8. The number of carboxylic acid groups (broad SMARTS) is 1. The number of hydrogen-bond acceptors (Lipinski definition) is 7. The highest BCUT2D eigenvalue weighted by Crippen LogP contribution is 2.29. The van der Waals surface area contributed by atoms with Crippen molar-refractivity contribution in [2.75, 3.05) is 56.7 Å². The molecule has 2 fully saturated rings. The largest absolute Gasteiger partial charge is 0.481 e. The van der Waals surface area contributed by atoms with Gasteiger partial charge in [0.25, 0.3) is 0 Å². The highest BCUT2D eigenvalue weighted by Gasteiger charge is 2.35. The molecule has 0 spiro atoms. The van der Waals surface area contributed by atoms with Crippen molar-refractivity contribution >= 4 is 17.7 Å². The molecule has 2 saturated heterocycles. The zero-order valence-electron chi connectivity index (χ0n) is 15.6.